The Balaban J connectivity index is 1.50. The van der Waals surface area contributed by atoms with Crippen molar-refractivity contribution in [1.82, 2.24) is 10.2 Å². The SMILES string of the molecule is CCCNC1CC2CCCC(C1)N2CCC1CCCC1. The fourth-order valence-corrected chi connectivity index (χ4v) is 4.99. The van der Waals surface area contributed by atoms with E-state index in [0.717, 1.165) is 24.0 Å². The summed E-state index contributed by atoms with van der Waals surface area (Å²) in [6.07, 6.45) is 16.0. The van der Waals surface area contributed by atoms with Crippen molar-refractivity contribution in [3.05, 3.63) is 0 Å². The first kappa shape index (κ1) is 14.8. The van der Waals surface area contributed by atoms with Crippen molar-refractivity contribution in [2.45, 2.75) is 95.7 Å². The van der Waals surface area contributed by atoms with E-state index in [-0.39, 0.29) is 0 Å². The van der Waals surface area contributed by atoms with E-state index in [1.807, 2.05) is 0 Å². The molecule has 1 saturated carbocycles. The van der Waals surface area contributed by atoms with Gasteiger partial charge in [-0.05, 0) is 57.5 Å². The maximum atomic E-state index is 3.79. The summed E-state index contributed by atoms with van der Waals surface area (Å²) in [6.45, 7) is 4.90. The molecular weight excluding hydrogens is 244 g/mol. The largest absolute Gasteiger partial charge is 0.314 e. The van der Waals surface area contributed by atoms with Gasteiger partial charge in [-0.2, -0.15) is 0 Å². The molecule has 0 aromatic heterocycles. The van der Waals surface area contributed by atoms with Crippen molar-refractivity contribution in [3.8, 4) is 0 Å². The molecule has 0 spiro atoms. The number of fused-ring (bicyclic) bond motifs is 2. The van der Waals surface area contributed by atoms with Crippen LogP contribution in [0.5, 0.6) is 0 Å². The lowest BCUT2D eigenvalue weighted by atomic mass is 9.81. The molecule has 2 nitrogen and oxygen atoms in total. The molecule has 2 saturated heterocycles. The highest BCUT2D eigenvalue weighted by Gasteiger charge is 2.37. The van der Waals surface area contributed by atoms with Crippen LogP contribution in [0.2, 0.25) is 0 Å². The molecule has 0 amide bonds. The highest BCUT2D eigenvalue weighted by molar-refractivity contribution is 4.95. The monoisotopic (exact) mass is 278 g/mol. The smallest absolute Gasteiger partial charge is 0.0113 e. The second-order valence-corrected chi connectivity index (χ2v) is 7.54. The van der Waals surface area contributed by atoms with Gasteiger partial charge in [-0.3, -0.25) is 4.90 Å². The average molecular weight is 278 g/mol. The molecule has 20 heavy (non-hydrogen) atoms. The molecule has 0 aromatic carbocycles. The fourth-order valence-electron chi connectivity index (χ4n) is 4.99. The minimum Gasteiger partial charge on any atom is -0.314 e. The zero-order valence-electron chi connectivity index (χ0n) is 13.4. The van der Waals surface area contributed by atoms with E-state index in [1.54, 1.807) is 0 Å². The van der Waals surface area contributed by atoms with E-state index in [9.17, 15) is 0 Å². The summed E-state index contributed by atoms with van der Waals surface area (Å²) >= 11 is 0. The van der Waals surface area contributed by atoms with Gasteiger partial charge in [0.15, 0.2) is 0 Å². The topological polar surface area (TPSA) is 15.3 Å². The van der Waals surface area contributed by atoms with E-state index >= 15 is 0 Å². The lowest BCUT2D eigenvalue weighted by molar-refractivity contribution is 0.0205. The molecule has 1 N–H and O–H groups in total. The van der Waals surface area contributed by atoms with Crippen molar-refractivity contribution < 1.29 is 0 Å². The van der Waals surface area contributed by atoms with Crippen LogP contribution in [0.1, 0.15) is 77.6 Å². The summed E-state index contributed by atoms with van der Waals surface area (Å²) in [5.41, 5.74) is 0. The summed E-state index contributed by atoms with van der Waals surface area (Å²) in [6, 6.07) is 2.62. The second kappa shape index (κ2) is 7.26. The van der Waals surface area contributed by atoms with Crippen LogP contribution in [0.15, 0.2) is 0 Å². The van der Waals surface area contributed by atoms with Crippen molar-refractivity contribution in [2.24, 2.45) is 5.92 Å². The van der Waals surface area contributed by atoms with Crippen molar-refractivity contribution >= 4 is 0 Å². The zero-order chi connectivity index (χ0) is 13.8. The zero-order valence-corrected chi connectivity index (χ0v) is 13.4. The van der Waals surface area contributed by atoms with Gasteiger partial charge in [0.05, 0.1) is 0 Å². The Morgan fingerprint density at radius 1 is 0.950 bits per heavy atom. The van der Waals surface area contributed by atoms with Crippen LogP contribution in [0.25, 0.3) is 0 Å². The molecule has 3 rings (SSSR count). The van der Waals surface area contributed by atoms with Crippen molar-refractivity contribution in [1.29, 1.82) is 0 Å². The standard InChI is InChI=1S/C18H34N2/c1-2-11-19-16-13-17-8-5-9-18(14-16)20(17)12-10-15-6-3-4-7-15/h15-19H,2-14H2,1H3. The van der Waals surface area contributed by atoms with Crippen LogP contribution in [0.4, 0.5) is 0 Å². The molecule has 2 heterocycles. The molecule has 2 atom stereocenters. The number of nitrogens with one attached hydrogen (secondary N) is 1. The second-order valence-electron chi connectivity index (χ2n) is 7.54. The van der Waals surface area contributed by atoms with Gasteiger partial charge in [0, 0.05) is 18.1 Å². The molecule has 2 bridgehead atoms. The third kappa shape index (κ3) is 3.57. The third-order valence-electron chi connectivity index (χ3n) is 6.08. The first-order chi connectivity index (χ1) is 9.86. The van der Waals surface area contributed by atoms with Gasteiger partial charge in [-0.1, -0.05) is 39.0 Å². The van der Waals surface area contributed by atoms with Gasteiger partial charge < -0.3 is 5.32 Å². The fraction of sp³-hybridized carbons (Fsp3) is 1.00. The molecular formula is C18H34N2. The van der Waals surface area contributed by atoms with E-state index < -0.39 is 0 Å². The molecule has 116 valence electrons. The number of piperidine rings is 2. The first-order valence-electron chi connectivity index (χ1n) is 9.36. The number of hydrogen-bond acceptors (Lipinski definition) is 2. The third-order valence-corrected chi connectivity index (χ3v) is 6.08. The molecule has 3 aliphatic rings. The van der Waals surface area contributed by atoms with Gasteiger partial charge in [-0.15, -0.1) is 0 Å². The first-order valence-corrected chi connectivity index (χ1v) is 9.36. The molecule has 0 radical (unpaired) electrons. The Kier molecular flexibility index (Phi) is 5.39. The highest BCUT2D eigenvalue weighted by Crippen LogP contribution is 2.35. The summed E-state index contributed by atoms with van der Waals surface area (Å²) < 4.78 is 0. The van der Waals surface area contributed by atoms with Crippen LogP contribution in [0, 0.1) is 5.92 Å². The molecule has 3 fully saturated rings. The van der Waals surface area contributed by atoms with Crippen LogP contribution >= 0.6 is 0 Å². The van der Waals surface area contributed by atoms with Crippen molar-refractivity contribution in [3.63, 3.8) is 0 Å². The average Bonchev–Trinajstić information content (AvgIpc) is 2.95. The minimum atomic E-state index is 0.813. The minimum absolute atomic E-state index is 0.813. The summed E-state index contributed by atoms with van der Waals surface area (Å²) in [5, 5.41) is 3.79. The van der Waals surface area contributed by atoms with Gasteiger partial charge in [0.25, 0.3) is 0 Å². The highest BCUT2D eigenvalue weighted by atomic mass is 15.2. The lowest BCUT2D eigenvalue weighted by Gasteiger charge is -2.49. The van der Waals surface area contributed by atoms with Gasteiger partial charge >= 0.3 is 0 Å². The Bertz CT molecular complexity index is 271. The number of hydrogen-bond donors (Lipinski definition) is 1. The van der Waals surface area contributed by atoms with Crippen molar-refractivity contribution in [2.75, 3.05) is 13.1 Å². The number of rotatable bonds is 6. The van der Waals surface area contributed by atoms with E-state index in [2.05, 4.69) is 17.1 Å². The maximum absolute atomic E-state index is 3.79. The van der Waals surface area contributed by atoms with E-state index in [0.29, 0.717) is 0 Å². The molecule has 2 heteroatoms. The normalized spacial score (nSPS) is 35.5. The van der Waals surface area contributed by atoms with Crippen LogP contribution in [-0.2, 0) is 0 Å². The Hall–Kier alpha value is -0.0800. The van der Waals surface area contributed by atoms with Crippen LogP contribution in [0.3, 0.4) is 0 Å². The summed E-state index contributed by atoms with van der Waals surface area (Å²) in [7, 11) is 0. The van der Waals surface area contributed by atoms with Gasteiger partial charge in [-0.25, -0.2) is 0 Å². The van der Waals surface area contributed by atoms with E-state index in [1.165, 1.54) is 83.7 Å². The Morgan fingerprint density at radius 3 is 2.30 bits per heavy atom. The Morgan fingerprint density at radius 2 is 1.65 bits per heavy atom. The molecule has 0 aromatic rings. The Labute approximate surface area is 125 Å². The van der Waals surface area contributed by atoms with Gasteiger partial charge in [0.2, 0.25) is 0 Å². The van der Waals surface area contributed by atoms with Crippen LogP contribution in [-0.4, -0.2) is 36.1 Å². The maximum Gasteiger partial charge on any atom is 0.0113 e. The quantitative estimate of drug-likeness (QED) is 0.791. The van der Waals surface area contributed by atoms with E-state index in [4.69, 9.17) is 0 Å². The predicted molar refractivity (Wildman–Crippen MR) is 86.0 cm³/mol. The molecule has 1 aliphatic carbocycles. The number of nitrogens with zero attached hydrogens (tertiary/aromatic N) is 1. The summed E-state index contributed by atoms with van der Waals surface area (Å²) in [5.74, 6) is 1.06. The molecule has 2 unspecified atom stereocenters. The summed E-state index contributed by atoms with van der Waals surface area (Å²) in [4.78, 5) is 2.92. The van der Waals surface area contributed by atoms with Crippen LogP contribution < -0.4 is 5.32 Å². The lowest BCUT2D eigenvalue weighted by Crippen LogP contribution is -2.56. The predicted octanol–water partition coefficient (Wildman–Crippen LogP) is 3.95. The molecule has 2 aliphatic heterocycles. The van der Waals surface area contributed by atoms with Gasteiger partial charge in [0.1, 0.15) is 0 Å².